The maximum absolute atomic E-state index is 12.4. The summed E-state index contributed by atoms with van der Waals surface area (Å²) >= 11 is 12.0. The summed E-state index contributed by atoms with van der Waals surface area (Å²) in [7, 11) is 1.59. The molecule has 2 aromatic carbocycles. The van der Waals surface area contributed by atoms with Crippen molar-refractivity contribution in [3.63, 3.8) is 0 Å². The van der Waals surface area contributed by atoms with E-state index in [4.69, 9.17) is 27.9 Å². The molecule has 0 atom stereocenters. The van der Waals surface area contributed by atoms with Gasteiger partial charge in [0, 0.05) is 17.5 Å². The number of Topliss-reactive ketones (excluding diaryl/α,β-unsaturated/α-hetero) is 1. The van der Waals surface area contributed by atoms with Crippen molar-refractivity contribution in [1.29, 1.82) is 0 Å². The minimum atomic E-state index is -0.0820. The Hall–Kier alpha value is -1.51. The van der Waals surface area contributed by atoms with Gasteiger partial charge in [-0.05, 0) is 25.1 Å². The Balaban J connectivity index is 2.32. The van der Waals surface area contributed by atoms with Gasteiger partial charge < -0.3 is 4.74 Å². The molecule has 0 heterocycles. The molecule has 0 saturated carbocycles. The van der Waals surface area contributed by atoms with Gasteiger partial charge in [0.05, 0.1) is 17.2 Å². The van der Waals surface area contributed by atoms with Gasteiger partial charge in [0.1, 0.15) is 5.75 Å². The molecule has 0 aliphatic carbocycles. The van der Waals surface area contributed by atoms with Crippen molar-refractivity contribution in [1.82, 2.24) is 0 Å². The van der Waals surface area contributed by atoms with E-state index in [1.165, 1.54) is 0 Å². The highest BCUT2D eigenvalue weighted by molar-refractivity contribution is 6.43. The molecule has 0 N–H and O–H groups in total. The van der Waals surface area contributed by atoms with Crippen molar-refractivity contribution in [3.05, 3.63) is 63.1 Å². The van der Waals surface area contributed by atoms with Crippen molar-refractivity contribution in [2.24, 2.45) is 0 Å². The van der Waals surface area contributed by atoms with Crippen molar-refractivity contribution >= 4 is 29.0 Å². The van der Waals surface area contributed by atoms with E-state index >= 15 is 0 Å². The number of benzene rings is 2. The Morgan fingerprint density at radius 1 is 1.20 bits per heavy atom. The quantitative estimate of drug-likeness (QED) is 0.763. The summed E-state index contributed by atoms with van der Waals surface area (Å²) in [6.07, 6.45) is 0.227. The number of hydrogen-bond donors (Lipinski definition) is 0. The Labute approximate surface area is 128 Å². The lowest BCUT2D eigenvalue weighted by atomic mass is 10.0. The second kappa shape index (κ2) is 6.29. The van der Waals surface area contributed by atoms with Crippen LogP contribution in [0.25, 0.3) is 0 Å². The molecule has 20 heavy (non-hydrogen) atoms. The van der Waals surface area contributed by atoms with Crippen molar-refractivity contribution < 1.29 is 9.53 Å². The zero-order chi connectivity index (χ0) is 14.7. The molecule has 0 unspecified atom stereocenters. The number of methoxy groups -OCH3 is 1. The lowest BCUT2D eigenvalue weighted by molar-refractivity contribution is 0.0992. The zero-order valence-corrected chi connectivity index (χ0v) is 12.8. The van der Waals surface area contributed by atoms with Gasteiger partial charge in [-0.2, -0.15) is 0 Å². The van der Waals surface area contributed by atoms with Gasteiger partial charge >= 0.3 is 0 Å². The molecule has 104 valence electrons. The van der Waals surface area contributed by atoms with Crippen LogP contribution in [0.2, 0.25) is 10.0 Å². The predicted molar refractivity (Wildman–Crippen MR) is 82.2 cm³/mol. The van der Waals surface area contributed by atoms with Crippen molar-refractivity contribution in [2.45, 2.75) is 13.3 Å². The highest BCUT2D eigenvalue weighted by Gasteiger charge is 2.15. The highest BCUT2D eigenvalue weighted by atomic mass is 35.5. The standard InChI is InChI=1S/C16H14Cl2O2/c1-10-6-7-15(20-2)11(8-10)9-14(19)12-4-3-5-13(17)16(12)18/h3-8H,9H2,1-2H3. The van der Waals surface area contributed by atoms with E-state index < -0.39 is 0 Å². The van der Waals surface area contributed by atoms with Crippen LogP contribution in [0.4, 0.5) is 0 Å². The van der Waals surface area contributed by atoms with Crippen LogP contribution in [0.1, 0.15) is 21.5 Å². The Bertz CT molecular complexity index is 651. The molecule has 0 aliphatic rings. The van der Waals surface area contributed by atoms with E-state index in [0.717, 1.165) is 11.1 Å². The van der Waals surface area contributed by atoms with E-state index in [-0.39, 0.29) is 12.2 Å². The summed E-state index contributed by atoms with van der Waals surface area (Å²) in [4.78, 5) is 12.4. The van der Waals surface area contributed by atoms with Crippen LogP contribution in [0.5, 0.6) is 5.75 Å². The van der Waals surface area contributed by atoms with Gasteiger partial charge in [0.2, 0.25) is 0 Å². The Morgan fingerprint density at radius 3 is 2.65 bits per heavy atom. The third kappa shape index (κ3) is 3.14. The van der Waals surface area contributed by atoms with Crippen LogP contribution < -0.4 is 4.74 Å². The third-order valence-corrected chi connectivity index (χ3v) is 3.86. The first-order chi connectivity index (χ1) is 9.52. The zero-order valence-electron chi connectivity index (χ0n) is 11.2. The molecule has 2 nitrogen and oxygen atoms in total. The lowest BCUT2D eigenvalue weighted by Crippen LogP contribution is -2.06. The van der Waals surface area contributed by atoms with E-state index in [0.29, 0.717) is 21.4 Å². The second-order valence-electron chi connectivity index (χ2n) is 4.52. The van der Waals surface area contributed by atoms with Gasteiger partial charge in [0.25, 0.3) is 0 Å². The number of rotatable bonds is 4. The molecule has 0 spiro atoms. The van der Waals surface area contributed by atoms with E-state index in [1.807, 2.05) is 25.1 Å². The van der Waals surface area contributed by atoms with Crippen LogP contribution in [0.3, 0.4) is 0 Å². The predicted octanol–water partition coefficient (Wildman–Crippen LogP) is 4.74. The molecular weight excluding hydrogens is 295 g/mol. The summed E-state index contributed by atoms with van der Waals surface area (Å²) in [6, 6.07) is 10.8. The van der Waals surface area contributed by atoms with Crippen LogP contribution in [-0.4, -0.2) is 12.9 Å². The second-order valence-corrected chi connectivity index (χ2v) is 5.30. The number of ketones is 1. The van der Waals surface area contributed by atoms with Gasteiger partial charge in [-0.1, -0.05) is 47.0 Å². The van der Waals surface area contributed by atoms with Gasteiger partial charge in [-0.25, -0.2) is 0 Å². The summed E-state index contributed by atoms with van der Waals surface area (Å²) < 4.78 is 5.28. The monoisotopic (exact) mass is 308 g/mol. The number of aryl methyl sites for hydroxylation is 1. The molecule has 0 aliphatic heterocycles. The first-order valence-corrected chi connectivity index (χ1v) is 6.89. The van der Waals surface area contributed by atoms with E-state index in [2.05, 4.69) is 0 Å². The molecule has 0 radical (unpaired) electrons. The molecule has 0 aromatic heterocycles. The Morgan fingerprint density at radius 2 is 1.95 bits per heavy atom. The largest absolute Gasteiger partial charge is 0.496 e. The first-order valence-electron chi connectivity index (χ1n) is 6.13. The molecule has 0 amide bonds. The first kappa shape index (κ1) is 14.9. The van der Waals surface area contributed by atoms with Crippen molar-refractivity contribution in [2.75, 3.05) is 7.11 Å². The molecule has 4 heteroatoms. The molecule has 2 rings (SSSR count). The number of halogens is 2. The molecule has 0 saturated heterocycles. The Kier molecular flexibility index (Phi) is 4.69. The fourth-order valence-corrected chi connectivity index (χ4v) is 2.44. The van der Waals surface area contributed by atoms with E-state index in [1.54, 1.807) is 25.3 Å². The maximum Gasteiger partial charge on any atom is 0.168 e. The average molecular weight is 309 g/mol. The van der Waals surface area contributed by atoms with Crippen molar-refractivity contribution in [3.8, 4) is 5.75 Å². The number of carbonyl (C=O) groups is 1. The van der Waals surface area contributed by atoms with Gasteiger partial charge in [-0.15, -0.1) is 0 Å². The number of hydrogen-bond acceptors (Lipinski definition) is 2. The fraction of sp³-hybridized carbons (Fsp3) is 0.188. The third-order valence-electron chi connectivity index (χ3n) is 3.04. The van der Waals surface area contributed by atoms with Crippen LogP contribution >= 0.6 is 23.2 Å². The molecule has 2 aromatic rings. The minimum absolute atomic E-state index is 0.0820. The summed E-state index contributed by atoms with van der Waals surface area (Å²) in [5.74, 6) is 0.614. The van der Waals surface area contributed by atoms with Crippen LogP contribution in [0.15, 0.2) is 36.4 Å². The summed E-state index contributed by atoms with van der Waals surface area (Å²) in [5, 5.41) is 0.680. The normalized spacial score (nSPS) is 10.4. The maximum atomic E-state index is 12.4. The van der Waals surface area contributed by atoms with Gasteiger partial charge in [-0.3, -0.25) is 4.79 Å². The van der Waals surface area contributed by atoms with Crippen LogP contribution in [-0.2, 0) is 6.42 Å². The topological polar surface area (TPSA) is 26.3 Å². The summed E-state index contributed by atoms with van der Waals surface area (Å²) in [6.45, 7) is 1.97. The van der Waals surface area contributed by atoms with Crippen LogP contribution in [0, 0.1) is 6.92 Å². The fourth-order valence-electron chi connectivity index (χ4n) is 2.03. The highest BCUT2D eigenvalue weighted by Crippen LogP contribution is 2.28. The minimum Gasteiger partial charge on any atom is -0.496 e. The SMILES string of the molecule is COc1ccc(C)cc1CC(=O)c1cccc(Cl)c1Cl. The number of carbonyl (C=O) groups excluding carboxylic acids is 1. The summed E-state index contributed by atoms with van der Waals surface area (Å²) in [5.41, 5.74) is 2.35. The van der Waals surface area contributed by atoms with E-state index in [9.17, 15) is 4.79 Å². The average Bonchev–Trinajstić information content (AvgIpc) is 2.42. The molecular formula is C16H14Cl2O2. The lowest BCUT2D eigenvalue weighted by Gasteiger charge is -2.10. The smallest absolute Gasteiger partial charge is 0.168 e. The van der Waals surface area contributed by atoms with Gasteiger partial charge in [0.15, 0.2) is 5.78 Å². The molecule has 0 fully saturated rings. The molecule has 0 bridgehead atoms. The number of ether oxygens (including phenoxy) is 1.